The Morgan fingerprint density at radius 3 is 2.71 bits per heavy atom. The number of hydrogen-bond donors (Lipinski definition) is 1. The Morgan fingerprint density at radius 2 is 2.10 bits per heavy atom. The first-order valence-electron chi connectivity index (χ1n) is 6.08. The molecule has 1 aromatic carbocycles. The lowest BCUT2D eigenvalue weighted by Gasteiger charge is -2.06. The monoisotopic (exact) mass is 409 g/mol. The van der Waals surface area contributed by atoms with Crippen LogP contribution in [0.25, 0.3) is 0 Å². The molecule has 2 aromatic rings. The summed E-state index contributed by atoms with van der Waals surface area (Å²) in [6.07, 6.45) is 0.762. The quantitative estimate of drug-likeness (QED) is 0.810. The first kappa shape index (κ1) is 16.7. The molecule has 0 aliphatic heterocycles. The average Bonchev–Trinajstić information content (AvgIpc) is 2.73. The van der Waals surface area contributed by atoms with Crippen LogP contribution in [0.4, 0.5) is 5.13 Å². The summed E-state index contributed by atoms with van der Waals surface area (Å²) in [5.41, 5.74) is 0. The van der Waals surface area contributed by atoms with Crippen molar-refractivity contribution in [3.8, 4) is 0 Å². The van der Waals surface area contributed by atoms with E-state index in [4.69, 9.17) is 11.6 Å². The van der Waals surface area contributed by atoms with Gasteiger partial charge in [0.15, 0.2) is 0 Å². The van der Waals surface area contributed by atoms with E-state index in [1.54, 1.807) is 6.07 Å². The molecule has 0 unspecified atom stereocenters. The van der Waals surface area contributed by atoms with Gasteiger partial charge in [-0.1, -0.05) is 52.7 Å². The normalized spacial score (nSPS) is 11.9. The molecule has 21 heavy (non-hydrogen) atoms. The summed E-state index contributed by atoms with van der Waals surface area (Å²) in [6.45, 7) is 4.12. The molecule has 0 saturated carbocycles. The Bertz CT molecular complexity index is 747. The molecule has 0 atom stereocenters. The molecule has 0 amide bonds. The van der Waals surface area contributed by atoms with Crippen LogP contribution < -0.4 is 4.72 Å². The second kappa shape index (κ2) is 6.60. The number of anilines is 1. The van der Waals surface area contributed by atoms with E-state index in [2.05, 4.69) is 44.7 Å². The van der Waals surface area contributed by atoms with E-state index in [0.717, 1.165) is 11.4 Å². The van der Waals surface area contributed by atoms with Gasteiger partial charge in [-0.2, -0.15) is 0 Å². The van der Waals surface area contributed by atoms with E-state index in [1.165, 1.54) is 23.5 Å². The van der Waals surface area contributed by atoms with Crippen molar-refractivity contribution >= 4 is 54.0 Å². The van der Waals surface area contributed by atoms with Crippen LogP contribution >= 0.6 is 38.9 Å². The van der Waals surface area contributed by atoms with Crippen molar-refractivity contribution in [1.29, 1.82) is 0 Å². The summed E-state index contributed by atoms with van der Waals surface area (Å²) in [7, 11) is -3.77. The van der Waals surface area contributed by atoms with Gasteiger partial charge in [0.1, 0.15) is 9.90 Å². The van der Waals surface area contributed by atoms with Crippen molar-refractivity contribution < 1.29 is 8.42 Å². The Balaban J connectivity index is 2.23. The van der Waals surface area contributed by atoms with Crippen LogP contribution in [0.2, 0.25) is 5.02 Å². The standard InChI is InChI=1S/C12H13BrClN3O2S2/c1-7(2)5-11-15-16-12(20-11)17-21(18,19)10-4-3-8(13)6-9(10)14/h3-4,6-7H,5H2,1-2H3,(H,16,17). The number of halogens is 2. The number of hydrogen-bond acceptors (Lipinski definition) is 5. The maximum absolute atomic E-state index is 12.3. The van der Waals surface area contributed by atoms with Crippen molar-refractivity contribution in [3.05, 3.63) is 32.7 Å². The lowest BCUT2D eigenvalue weighted by molar-refractivity contribution is 0.601. The van der Waals surface area contributed by atoms with Crippen LogP contribution in [0.3, 0.4) is 0 Å². The van der Waals surface area contributed by atoms with Crippen molar-refractivity contribution in [2.45, 2.75) is 25.2 Å². The molecule has 1 aromatic heterocycles. The van der Waals surface area contributed by atoms with Gasteiger partial charge in [-0.05, 0) is 24.1 Å². The molecular weight excluding hydrogens is 398 g/mol. The highest BCUT2D eigenvalue weighted by molar-refractivity contribution is 9.10. The third-order valence-electron chi connectivity index (χ3n) is 2.45. The predicted molar refractivity (Wildman–Crippen MR) is 88.4 cm³/mol. The molecule has 2 rings (SSSR count). The maximum atomic E-state index is 12.3. The summed E-state index contributed by atoms with van der Waals surface area (Å²) in [6, 6.07) is 4.58. The third-order valence-corrected chi connectivity index (χ3v) is 5.76. The van der Waals surface area contributed by atoms with Gasteiger partial charge in [-0.25, -0.2) is 8.42 Å². The minimum absolute atomic E-state index is 0.00739. The molecule has 114 valence electrons. The van der Waals surface area contributed by atoms with Gasteiger partial charge in [-0.15, -0.1) is 10.2 Å². The van der Waals surface area contributed by atoms with Gasteiger partial charge in [0.25, 0.3) is 10.0 Å². The van der Waals surface area contributed by atoms with E-state index in [9.17, 15) is 8.42 Å². The molecule has 0 fully saturated rings. The number of aromatic nitrogens is 2. The van der Waals surface area contributed by atoms with Gasteiger partial charge in [0, 0.05) is 10.9 Å². The fourth-order valence-corrected chi connectivity index (χ4v) is 4.81. The molecule has 1 heterocycles. The third kappa shape index (κ3) is 4.38. The smallest absolute Gasteiger partial charge is 0.253 e. The second-order valence-corrected chi connectivity index (χ2v) is 8.81. The highest BCUT2D eigenvalue weighted by Crippen LogP contribution is 2.28. The van der Waals surface area contributed by atoms with Gasteiger partial charge < -0.3 is 0 Å². The molecule has 5 nitrogen and oxygen atoms in total. The SMILES string of the molecule is CC(C)Cc1nnc(NS(=O)(=O)c2ccc(Br)cc2Cl)s1. The summed E-state index contributed by atoms with van der Waals surface area (Å²) in [4.78, 5) is 0.00739. The Morgan fingerprint density at radius 1 is 1.38 bits per heavy atom. The number of nitrogens with one attached hydrogen (secondary N) is 1. The molecule has 0 saturated heterocycles. The average molecular weight is 411 g/mol. The highest BCUT2D eigenvalue weighted by Gasteiger charge is 2.20. The summed E-state index contributed by atoms with van der Waals surface area (Å²) in [5.74, 6) is 0.434. The zero-order chi connectivity index (χ0) is 15.6. The molecule has 0 spiro atoms. The highest BCUT2D eigenvalue weighted by atomic mass is 79.9. The van der Waals surface area contributed by atoms with E-state index in [-0.39, 0.29) is 15.0 Å². The molecule has 9 heteroatoms. The van der Waals surface area contributed by atoms with Crippen molar-refractivity contribution in [1.82, 2.24) is 10.2 Å². The van der Waals surface area contributed by atoms with Gasteiger partial charge >= 0.3 is 0 Å². The van der Waals surface area contributed by atoms with Gasteiger partial charge in [-0.3, -0.25) is 4.72 Å². The number of nitrogens with zero attached hydrogens (tertiary/aromatic N) is 2. The number of rotatable bonds is 5. The van der Waals surface area contributed by atoms with Crippen LogP contribution in [0.5, 0.6) is 0 Å². The largest absolute Gasteiger partial charge is 0.265 e. The second-order valence-electron chi connectivity index (χ2n) is 4.78. The van der Waals surface area contributed by atoms with Crippen molar-refractivity contribution in [3.63, 3.8) is 0 Å². The first-order valence-corrected chi connectivity index (χ1v) is 9.55. The topological polar surface area (TPSA) is 72.0 Å². The van der Waals surface area contributed by atoms with Crippen LogP contribution in [-0.2, 0) is 16.4 Å². The fraction of sp³-hybridized carbons (Fsp3) is 0.333. The van der Waals surface area contributed by atoms with E-state index in [1.807, 2.05) is 0 Å². The minimum Gasteiger partial charge on any atom is -0.253 e. The van der Waals surface area contributed by atoms with Crippen LogP contribution in [0.15, 0.2) is 27.6 Å². The molecule has 0 aliphatic carbocycles. The lowest BCUT2D eigenvalue weighted by Crippen LogP contribution is -2.13. The number of sulfonamides is 1. The summed E-state index contributed by atoms with van der Waals surface area (Å²) < 4.78 is 27.7. The maximum Gasteiger partial charge on any atom is 0.265 e. The Kier molecular flexibility index (Phi) is 5.24. The molecule has 0 radical (unpaired) electrons. The molecule has 0 aliphatic rings. The van der Waals surface area contributed by atoms with Crippen molar-refractivity contribution in [2.75, 3.05) is 4.72 Å². The van der Waals surface area contributed by atoms with Crippen LogP contribution in [0.1, 0.15) is 18.9 Å². The summed E-state index contributed by atoms with van der Waals surface area (Å²) in [5, 5.41) is 9.00. The molecular formula is C12H13BrClN3O2S2. The summed E-state index contributed by atoms with van der Waals surface area (Å²) >= 11 is 10.4. The Hall–Kier alpha value is -0.700. The van der Waals surface area contributed by atoms with E-state index >= 15 is 0 Å². The zero-order valence-electron chi connectivity index (χ0n) is 11.3. The number of benzene rings is 1. The first-order chi connectivity index (χ1) is 9.78. The molecule has 0 bridgehead atoms. The van der Waals surface area contributed by atoms with Crippen molar-refractivity contribution in [2.24, 2.45) is 5.92 Å². The fourth-order valence-electron chi connectivity index (χ4n) is 1.59. The molecule has 1 N–H and O–H groups in total. The van der Waals surface area contributed by atoms with Crippen LogP contribution in [0, 0.1) is 5.92 Å². The van der Waals surface area contributed by atoms with Gasteiger partial charge in [0.2, 0.25) is 5.13 Å². The zero-order valence-corrected chi connectivity index (χ0v) is 15.3. The predicted octanol–water partition coefficient (Wildman–Crippen LogP) is 3.95. The Labute approximate surface area is 140 Å². The van der Waals surface area contributed by atoms with Gasteiger partial charge in [0.05, 0.1) is 5.02 Å². The van der Waals surface area contributed by atoms with E-state index in [0.29, 0.717) is 10.4 Å². The van der Waals surface area contributed by atoms with E-state index < -0.39 is 10.0 Å². The minimum atomic E-state index is -3.77. The van der Waals surface area contributed by atoms with Crippen LogP contribution in [-0.4, -0.2) is 18.6 Å². The lowest BCUT2D eigenvalue weighted by atomic mass is 10.1.